The van der Waals surface area contributed by atoms with Crippen LogP contribution in [-0.2, 0) is 13.5 Å². The Hall–Kier alpha value is -1.46. The molecule has 100 valence electrons. The van der Waals surface area contributed by atoms with Crippen molar-refractivity contribution in [2.24, 2.45) is 7.05 Å². The molecule has 0 atom stereocenters. The number of carbonyl (C=O) groups is 1. The van der Waals surface area contributed by atoms with Gasteiger partial charge >= 0.3 is 0 Å². The van der Waals surface area contributed by atoms with Crippen LogP contribution in [0.3, 0.4) is 0 Å². The van der Waals surface area contributed by atoms with Crippen LogP contribution < -0.4 is 5.32 Å². The minimum Gasteiger partial charge on any atom is -0.352 e. The van der Waals surface area contributed by atoms with Crippen LogP contribution in [0, 0.1) is 0 Å². The SMILES string of the molecule is Cn1nccc1CCNC(=O)c1cc(S)ccc1Cl. The largest absolute Gasteiger partial charge is 0.352 e. The second-order valence-electron chi connectivity index (χ2n) is 4.12. The lowest BCUT2D eigenvalue weighted by Crippen LogP contribution is -2.26. The fourth-order valence-electron chi connectivity index (χ4n) is 1.73. The first-order valence-corrected chi connectivity index (χ1v) is 6.64. The summed E-state index contributed by atoms with van der Waals surface area (Å²) < 4.78 is 1.79. The molecule has 4 nitrogen and oxygen atoms in total. The molecule has 0 radical (unpaired) electrons. The smallest absolute Gasteiger partial charge is 0.252 e. The molecular formula is C13H14ClN3OS. The average molecular weight is 296 g/mol. The first kappa shape index (κ1) is 14.0. The van der Waals surface area contributed by atoms with Gasteiger partial charge in [0, 0.05) is 36.8 Å². The highest BCUT2D eigenvalue weighted by atomic mass is 35.5. The monoisotopic (exact) mass is 295 g/mol. The minimum atomic E-state index is -0.192. The van der Waals surface area contributed by atoms with Gasteiger partial charge in [0.2, 0.25) is 0 Å². The molecule has 0 spiro atoms. The van der Waals surface area contributed by atoms with Gasteiger partial charge in [-0.3, -0.25) is 9.48 Å². The molecule has 0 aliphatic heterocycles. The van der Waals surface area contributed by atoms with Gasteiger partial charge in [0.05, 0.1) is 10.6 Å². The van der Waals surface area contributed by atoms with E-state index in [4.69, 9.17) is 11.6 Å². The molecule has 1 aromatic heterocycles. The number of hydrogen-bond donors (Lipinski definition) is 2. The van der Waals surface area contributed by atoms with Crippen LogP contribution in [0.1, 0.15) is 16.1 Å². The molecule has 0 unspecified atom stereocenters. The third kappa shape index (κ3) is 3.52. The minimum absolute atomic E-state index is 0.192. The van der Waals surface area contributed by atoms with E-state index in [2.05, 4.69) is 23.0 Å². The molecule has 0 aliphatic rings. The third-order valence-corrected chi connectivity index (χ3v) is 3.39. The van der Waals surface area contributed by atoms with Crippen LogP contribution in [0.4, 0.5) is 0 Å². The number of hydrogen-bond acceptors (Lipinski definition) is 3. The van der Waals surface area contributed by atoms with E-state index >= 15 is 0 Å². The van der Waals surface area contributed by atoms with E-state index in [0.717, 1.165) is 12.1 Å². The number of aromatic nitrogens is 2. The van der Waals surface area contributed by atoms with Crippen molar-refractivity contribution in [3.63, 3.8) is 0 Å². The summed E-state index contributed by atoms with van der Waals surface area (Å²) in [6.07, 6.45) is 2.46. The molecule has 1 amide bonds. The van der Waals surface area contributed by atoms with Crippen LogP contribution in [0.15, 0.2) is 35.4 Å². The summed E-state index contributed by atoms with van der Waals surface area (Å²) in [5, 5.41) is 7.33. The first-order chi connectivity index (χ1) is 9.08. The van der Waals surface area contributed by atoms with Crippen LogP contribution in [-0.4, -0.2) is 22.2 Å². The molecule has 6 heteroatoms. The zero-order valence-corrected chi connectivity index (χ0v) is 12.1. The summed E-state index contributed by atoms with van der Waals surface area (Å²) in [7, 11) is 1.87. The Morgan fingerprint density at radius 2 is 2.26 bits per heavy atom. The summed E-state index contributed by atoms with van der Waals surface area (Å²) in [5.74, 6) is -0.192. The normalized spacial score (nSPS) is 10.5. The van der Waals surface area contributed by atoms with E-state index in [0.29, 0.717) is 22.0 Å². The van der Waals surface area contributed by atoms with Crippen molar-refractivity contribution < 1.29 is 4.79 Å². The molecule has 1 heterocycles. The Kier molecular flexibility index (Phi) is 4.50. The quantitative estimate of drug-likeness (QED) is 0.851. The molecule has 0 fully saturated rings. The molecular weight excluding hydrogens is 282 g/mol. The van der Waals surface area contributed by atoms with E-state index in [1.165, 1.54) is 0 Å². The summed E-state index contributed by atoms with van der Waals surface area (Å²) in [6, 6.07) is 7.00. The van der Waals surface area contributed by atoms with Gasteiger partial charge in [-0.2, -0.15) is 5.10 Å². The van der Waals surface area contributed by atoms with Crippen molar-refractivity contribution in [2.45, 2.75) is 11.3 Å². The molecule has 1 aromatic carbocycles. The second-order valence-corrected chi connectivity index (χ2v) is 5.04. The predicted molar refractivity (Wildman–Crippen MR) is 77.9 cm³/mol. The highest BCUT2D eigenvalue weighted by Crippen LogP contribution is 2.19. The molecule has 2 rings (SSSR count). The number of thiol groups is 1. The number of aryl methyl sites for hydroxylation is 1. The average Bonchev–Trinajstić information content (AvgIpc) is 2.78. The van der Waals surface area contributed by atoms with Gasteiger partial charge < -0.3 is 5.32 Å². The molecule has 0 saturated heterocycles. The van der Waals surface area contributed by atoms with Gasteiger partial charge in [-0.1, -0.05) is 11.6 Å². The topological polar surface area (TPSA) is 46.9 Å². The Morgan fingerprint density at radius 1 is 1.47 bits per heavy atom. The summed E-state index contributed by atoms with van der Waals surface area (Å²) in [6.45, 7) is 0.533. The zero-order chi connectivity index (χ0) is 13.8. The standard InChI is InChI=1S/C13H14ClN3OS/c1-17-9(5-7-16-17)4-6-15-13(18)11-8-10(19)2-3-12(11)14/h2-3,5,7-8,19H,4,6H2,1H3,(H,15,18). The lowest BCUT2D eigenvalue weighted by atomic mass is 10.2. The van der Waals surface area contributed by atoms with Crippen molar-refractivity contribution in [2.75, 3.05) is 6.54 Å². The van der Waals surface area contributed by atoms with E-state index < -0.39 is 0 Å². The van der Waals surface area contributed by atoms with Gasteiger partial charge in [-0.25, -0.2) is 0 Å². The van der Waals surface area contributed by atoms with E-state index in [1.54, 1.807) is 29.1 Å². The third-order valence-electron chi connectivity index (χ3n) is 2.78. The number of halogens is 1. The first-order valence-electron chi connectivity index (χ1n) is 5.81. The maximum atomic E-state index is 12.0. The second kappa shape index (κ2) is 6.12. The fraction of sp³-hybridized carbons (Fsp3) is 0.231. The van der Waals surface area contributed by atoms with Crippen molar-refractivity contribution in [1.82, 2.24) is 15.1 Å². The van der Waals surface area contributed by atoms with Crippen LogP contribution in [0.25, 0.3) is 0 Å². The van der Waals surface area contributed by atoms with Gasteiger partial charge in [0.15, 0.2) is 0 Å². The Balaban J connectivity index is 1.94. The van der Waals surface area contributed by atoms with Gasteiger partial charge in [-0.15, -0.1) is 12.6 Å². The van der Waals surface area contributed by atoms with E-state index in [-0.39, 0.29) is 5.91 Å². The zero-order valence-electron chi connectivity index (χ0n) is 10.4. The van der Waals surface area contributed by atoms with E-state index in [9.17, 15) is 4.79 Å². The van der Waals surface area contributed by atoms with Gasteiger partial charge in [0.25, 0.3) is 5.91 Å². The highest BCUT2D eigenvalue weighted by molar-refractivity contribution is 7.80. The lowest BCUT2D eigenvalue weighted by molar-refractivity contribution is 0.0954. The maximum absolute atomic E-state index is 12.0. The Labute approximate surface area is 122 Å². The predicted octanol–water partition coefficient (Wildman–Crippen LogP) is 2.33. The van der Waals surface area contributed by atoms with Crippen LogP contribution in [0.5, 0.6) is 0 Å². The molecule has 1 N–H and O–H groups in total. The lowest BCUT2D eigenvalue weighted by Gasteiger charge is -2.07. The highest BCUT2D eigenvalue weighted by Gasteiger charge is 2.10. The van der Waals surface area contributed by atoms with Crippen molar-refractivity contribution in [1.29, 1.82) is 0 Å². The number of rotatable bonds is 4. The Bertz CT molecular complexity index is 597. The maximum Gasteiger partial charge on any atom is 0.252 e. The fourth-order valence-corrected chi connectivity index (χ4v) is 2.14. The van der Waals surface area contributed by atoms with E-state index in [1.807, 2.05) is 13.1 Å². The number of nitrogens with zero attached hydrogens (tertiary/aromatic N) is 2. The van der Waals surface area contributed by atoms with Crippen LogP contribution in [0.2, 0.25) is 5.02 Å². The van der Waals surface area contributed by atoms with Crippen molar-refractivity contribution >= 4 is 30.1 Å². The molecule has 0 bridgehead atoms. The molecule has 2 aromatic rings. The molecule has 0 aliphatic carbocycles. The summed E-state index contributed by atoms with van der Waals surface area (Å²) >= 11 is 10.2. The number of amides is 1. The van der Waals surface area contributed by atoms with Crippen molar-refractivity contribution in [3.05, 3.63) is 46.7 Å². The molecule has 0 saturated carbocycles. The molecule has 19 heavy (non-hydrogen) atoms. The summed E-state index contributed by atoms with van der Waals surface area (Å²) in [4.78, 5) is 12.7. The number of carbonyl (C=O) groups excluding carboxylic acids is 1. The number of nitrogens with one attached hydrogen (secondary N) is 1. The number of benzene rings is 1. The summed E-state index contributed by atoms with van der Waals surface area (Å²) in [5.41, 5.74) is 1.51. The van der Waals surface area contributed by atoms with Gasteiger partial charge in [0.1, 0.15) is 0 Å². The van der Waals surface area contributed by atoms with Crippen LogP contribution >= 0.6 is 24.2 Å². The van der Waals surface area contributed by atoms with Crippen molar-refractivity contribution in [3.8, 4) is 0 Å². The Morgan fingerprint density at radius 3 is 2.95 bits per heavy atom. The van der Waals surface area contributed by atoms with Gasteiger partial charge in [-0.05, 0) is 24.3 Å².